The summed E-state index contributed by atoms with van der Waals surface area (Å²) in [4.78, 5) is 12.3. The molecule has 0 radical (unpaired) electrons. The summed E-state index contributed by atoms with van der Waals surface area (Å²) in [5, 5.41) is 16.7. The summed E-state index contributed by atoms with van der Waals surface area (Å²) in [5.41, 5.74) is 8.25. The van der Waals surface area contributed by atoms with Crippen molar-refractivity contribution in [2.24, 2.45) is 0 Å². The Bertz CT molecular complexity index is 1140. The highest BCUT2D eigenvalue weighted by Gasteiger charge is 2.16. The Morgan fingerprint density at radius 1 is 1.19 bits per heavy atom. The van der Waals surface area contributed by atoms with E-state index in [0.29, 0.717) is 42.3 Å². The van der Waals surface area contributed by atoms with Crippen molar-refractivity contribution in [2.45, 2.75) is 19.3 Å². The van der Waals surface area contributed by atoms with Gasteiger partial charge in [-0.05, 0) is 54.8 Å². The summed E-state index contributed by atoms with van der Waals surface area (Å²) < 4.78 is 25.0. The van der Waals surface area contributed by atoms with Gasteiger partial charge >= 0.3 is 0 Å². The maximum atomic E-state index is 13.2. The van der Waals surface area contributed by atoms with Crippen molar-refractivity contribution in [1.29, 1.82) is 5.26 Å². The van der Waals surface area contributed by atoms with E-state index in [-0.39, 0.29) is 29.5 Å². The maximum absolute atomic E-state index is 13.2. The molecule has 0 bridgehead atoms. The van der Waals surface area contributed by atoms with Crippen molar-refractivity contribution in [3.8, 4) is 23.3 Å². The molecule has 0 aliphatic heterocycles. The van der Waals surface area contributed by atoms with E-state index < -0.39 is 0 Å². The molecule has 8 nitrogen and oxygen atoms in total. The number of methoxy groups -OCH3 is 2. The molecule has 0 spiro atoms. The van der Waals surface area contributed by atoms with Crippen LogP contribution in [0.25, 0.3) is 5.69 Å². The predicted molar refractivity (Wildman–Crippen MR) is 117 cm³/mol. The number of carbonyl (C=O) groups is 1. The lowest BCUT2D eigenvalue weighted by Gasteiger charge is -2.10. The van der Waals surface area contributed by atoms with Crippen molar-refractivity contribution in [3.63, 3.8) is 0 Å². The van der Waals surface area contributed by atoms with Gasteiger partial charge in [-0.2, -0.15) is 10.4 Å². The zero-order valence-electron chi connectivity index (χ0n) is 17.9. The summed E-state index contributed by atoms with van der Waals surface area (Å²) in [5.74, 6) is 0.866. The SMILES string of the molecule is COc1ccc(CC(=O)NCCCc2nn(-c3ccc(F)cc3)c(N)c2C#N)cc1OC. The Labute approximate surface area is 185 Å². The van der Waals surface area contributed by atoms with Gasteiger partial charge in [0.1, 0.15) is 23.3 Å². The molecular weight excluding hydrogens is 413 g/mol. The van der Waals surface area contributed by atoms with Crippen molar-refractivity contribution >= 4 is 11.7 Å². The molecule has 3 rings (SSSR count). The van der Waals surface area contributed by atoms with Crippen LogP contribution in [0.15, 0.2) is 42.5 Å². The Kier molecular flexibility index (Phi) is 7.29. The third-order valence-corrected chi connectivity index (χ3v) is 4.90. The molecule has 166 valence electrons. The van der Waals surface area contributed by atoms with E-state index in [0.717, 1.165) is 5.56 Å². The fraction of sp³-hybridized carbons (Fsp3) is 0.261. The molecule has 0 aliphatic rings. The molecule has 9 heteroatoms. The number of nitrogens with zero attached hydrogens (tertiary/aromatic N) is 3. The molecule has 32 heavy (non-hydrogen) atoms. The lowest BCUT2D eigenvalue weighted by atomic mass is 10.1. The minimum absolute atomic E-state index is 0.130. The molecule has 0 saturated carbocycles. The van der Waals surface area contributed by atoms with E-state index in [4.69, 9.17) is 15.2 Å². The largest absolute Gasteiger partial charge is 0.493 e. The molecule has 0 aliphatic carbocycles. The van der Waals surface area contributed by atoms with E-state index in [1.54, 1.807) is 26.4 Å². The second-order valence-corrected chi connectivity index (χ2v) is 7.03. The van der Waals surface area contributed by atoms with Crippen LogP contribution in [0.5, 0.6) is 11.5 Å². The van der Waals surface area contributed by atoms with Gasteiger partial charge in [-0.1, -0.05) is 6.07 Å². The van der Waals surface area contributed by atoms with Gasteiger partial charge in [0.15, 0.2) is 11.5 Å². The second kappa shape index (κ2) is 10.3. The second-order valence-electron chi connectivity index (χ2n) is 7.03. The monoisotopic (exact) mass is 437 g/mol. The average Bonchev–Trinajstić information content (AvgIpc) is 3.12. The van der Waals surface area contributed by atoms with E-state index in [2.05, 4.69) is 16.5 Å². The van der Waals surface area contributed by atoms with Gasteiger partial charge in [0.2, 0.25) is 5.91 Å². The fourth-order valence-electron chi connectivity index (χ4n) is 3.28. The first-order valence-corrected chi connectivity index (χ1v) is 9.97. The number of nitriles is 1. The summed E-state index contributed by atoms with van der Waals surface area (Å²) >= 11 is 0. The van der Waals surface area contributed by atoms with Crippen molar-refractivity contribution in [1.82, 2.24) is 15.1 Å². The maximum Gasteiger partial charge on any atom is 0.224 e. The smallest absolute Gasteiger partial charge is 0.224 e. The summed E-state index contributed by atoms with van der Waals surface area (Å²) in [6, 6.07) is 13.1. The van der Waals surface area contributed by atoms with E-state index in [1.807, 2.05) is 6.07 Å². The summed E-state index contributed by atoms with van der Waals surface area (Å²) in [7, 11) is 3.10. The van der Waals surface area contributed by atoms with Gasteiger partial charge in [-0.15, -0.1) is 0 Å². The molecular formula is C23H24FN5O3. The number of aromatic nitrogens is 2. The molecule has 0 atom stereocenters. The number of amides is 1. The Morgan fingerprint density at radius 2 is 1.91 bits per heavy atom. The van der Waals surface area contributed by atoms with Crippen LogP contribution in [0.3, 0.4) is 0 Å². The highest BCUT2D eigenvalue weighted by atomic mass is 19.1. The Balaban J connectivity index is 1.56. The number of ether oxygens (including phenoxy) is 2. The van der Waals surface area contributed by atoms with Crippen LogP contribution in [-0.2, 0) is 17.6 Å². The van der Waals surface area contributed by atoms with Gasteiger partial charge in [-0.3, -0.25) is 4.79 Å². The number of benzene rings is 2. The number of hydrogen-bond acceptors (Lipinski definition) is 6. The molecule has 0 unspecified atom stereocenters. The lowest BCUT2D eigenvalue weighted by molar-refractivity contribution is -0.120. The number of rotatable bonds is 9. The van der Waals surface area contributed by atoms with Crippen molar-refractivity contribution < 1.29 is 18.7 Å². The summed E-state index contributed by atoms with van der Waals surface area (Å²) in [6.07, 6.45) is 1.24. The first kappa shape index (κ1) is 22.6. The van der Waals surface area contributed by atoms with Gasteiger partial charge in [0, 0.05) is 6.54 Å². The first-order valence-electron chi connectivity index (χ1n) is 9.97. The van der Waals surface area contributed by atoms with Gasteiger partial charge in [-0.25, -0.2) is 9.07 Å². The van der Waals surface area contributed by atoms with Crippen molar-refractivity contribution in [2.75, 3.05) is 26.5 Å². The number of carbonyl (C=O) groups excluding carboxylic acids is 1. The van der Waals surface area contributed by atoms with Gasteiger partial charge in [0.25, 0.3) is 0 Å². The number of halogens is 1. The van der Waals surface area contributed by atoms with Crippen LogP contribution in [0, 0.1) is 17.1 Å². The van der Waals surface area contributed by atoms with Crippen molar-refractivity contribution in [3.05, 3.63) is 65.1 Å². The quantitative estimate of drug-likeness (QED) is 0.498. The molecule has 0 fully saturated rings. The van der Waals surface area contributed by atoms with Crippen LogP contribution in [0.2, 0.25) is 0 Å². The van der Waals surface area contributed by atoms with E-state index >= 15 is 0 Å². The van der Waals surface area contributed by atoms with Crippen LogP contribution in [-0.4, -0.2) is 36.5 Å². The van der Waals surface area contributed by atoms with Crippen LogP contribution < -0.4 is 20.5 Å². The molecule has 3 N–H and O–H groups in total. The predicted octanol–water partition coefficient (Wildman–Crippen LogP) is 2.77. The van der Waals surface area contributed by atoms with Crippen LogP contribution >= 0.6 is 0 Å². The van der Waals surface area contributed by atoms with Gasteiger partial charge < -0.3 is 20.5 Å². The normalized spacial score (nSPS) is 10.4. The van der Waals surface area contributed by atoms with Crippen LogP contribution in [0.1, 0.15) is 23.2 Å². The Hall–Kier alpha value is -4.06. The zero-order chi connectivity index (χ0) is 23.1. The molecule has 3 aromatic rings. The van der Waals surface area contributed by atoms with E-state index in [1.165, 1.54) is 28.9 Å². The zero-order valence-corrected chi connectivity index (χ0v) is 17.9. The standard InChI is InChI=1S/C23H24FN5O3/c1-31-20-10-5-15(12-21(20)32-2)13-22(30)27-11-3-4-19-18(14-25)23(26)29(28-19)17-8-6-16(24)7-9-17/h5-10,12H,3-4,11,13,26H2,1-2H3,(H,27,30). The topological polar surface area (TPSA) is 115 Å². The lowest BCUT2D eigenvalue weighted by Crippen LogP contribution is -2.26. The van der Waals surface area contributed by atoms with Gasteiger partial charge in [0.05, 0.1) is 32.0 Å². The third kappa shape index (κ3) is 5.16. The first-order chi connectivity index (χ1) is 15.5. The minimum Gasteiger partial charge on any atom is -0.493 e. The molecule has 0 saturated heterocycles. The Morgan fingerprint density at radius 3 is 2.56 bits per heavy atom. The van der Waals surface area contributed by atoms with Crippen LogP contribution in [0.4, 0.5) is 10.2 Å². The molecule has 2 aromatic carbocycles. The van der Waals surface area contributed by atoms with E-state index in [9.17, 15) is 14.4 Å². The molecule has 1 aromatic heterocycles. The number of nitrogens with one attached hydrogen (secondary N) is 1. The number of nitrogens with two attached hydrogens (primary N) is 1. The highest BCUT2D eigenvalue weighted by Crippen LogP contribution is 2.27. The third-order valence-electron chi connectivity index (χ3n) is 4.90. The number of anilines is 1. The fourth-order valence-corrected chi connectivity index (χ4v) is 3.28. The number of nitrogen functional groups attached to an aromatic ring is 1. The molecule has 1 heterocycles. The number of hydrogen-bond donors (Lipinski definition) is 2. The molecule has 1 amide bonds. The average molecular weight is 437 g/mol. The minimum atomic E-state index is -0.371. The highest BCUT2D eigenvalue weighted by molar-refractivity contribution is 5.78. The summed E-state index contributed by atoms with van der Waals surface area (Å²) in [6.45, 7) is 0.417. The number of aryl methyl sites for hydroxylation is 1.